The first-order chi connectivity index (χ1) is 9.67. The van der Waals surface area contributed by atoms with Gasteiger partial charge in [0.05, 0.1) is 7.11 Å². The zero-order valence-electron chi connectivity index (χ0n) is 10.8. The van der Waals surface area contributed by atoms with E-state index in [1.54, 1.807) is 31.4 Å². The molecule has 2 aromatic carbocycles. The summed E-state index contributed by atoms with van der Waals surface area (Å²) in [6.45, 7) is -0.132. The second-order valence-electron chi connectivity index (χ2n) is 3.89. The van der Waals surface area contributed by atoms with E-state index in [9.17, 15) is 4.79 Å². The van der Waals surface area contributed by atoms with Gasteiger partial charge in [0.1, 0.15) is 17.2 Å². The van der Waals surface area contributed by atoms with Crippen LogP contribution in [0, 0.1) is 3.57 Å². The van der Waals surface area contributed by atoms with Gasteiger partial charge in [0.2, 0.25) is 0 Å². The van der Waals surface area contributed by atoms with E-state index >= 15 is 0 Å². The van der Waals surface area contributed by atoms with E-state index in [0.29, 0.717) is 17.2 Å². The fourth-order valence-corrected chi connectivity index (χ4v) is 1.84. The zero-order valence-corrected chi connectivity index (χ0v) is 13.0. The monoisotopic (exact) mass is 384 g/mol. The molecule has 0 aliphatic carbocycles. The van der Waals surface area contributed by atoms with Crippen molar-refractivity contribution < 1.29 is 19.0 Å². The van der Waals surface area contributed by atoms with Crippen LogP contribution in [-0.2, 0) is 4.79 Å². The largest absolute Gasteiger partial charge is 0.497 e. The van der Waals surface area contributed by atoms with Crippen LogP contribution in [0.15, 0.2) is 48.5 Å². The zero-order chi connectivity index (χ0) is 14.4. The van der Waals surface area contributed by atoms with Gasteiger partial charge < -0.3 is 14.2 Å². The number of ether oxygens (including phenoxy) is 3. The first-order valence-electron chi connectivity index (χ1n) is 5.90. The Kier molecular flexibility index (Phi) is 5.23. The molecule has 5 heteroatoms. The average Bonchev–Trinajstić information content (AvgIpc) is 2.47. The standard InChI is InChI=1S/C15H13IO4/c1-18-12-6-8-14(9-7-12)20-15(17)10-19-13-4-2-11(16)3-5-13/h2-9H,10H2,1H3. The lowest BCUT2D eigenvalue weighted by Crippen LogP contribution is -2.17. The molecule has 0 radical (unpaired) electrons. The van der Waals surface area contributed by atoms with Gasteiger partial charge in [-0.15, -0.1) is 0 Å². The molecule has 2 rings (SSSR count). The van der Waals surface area contributed by atoms with Gasteiger partial charge in [0.15, 0.2) is 6.61 Å². The van der Waals surface area contributed by atoms with Crippen LogP contribution in [-0.4, -0.2) is 19.7 Å². The van der Waals surface area contributed by atoms with Gasteiger partial charge in [0, 0.05) is 3.57 Å². The van der Waals surface area contributed by atoms with Crippen LogP contribution in [0.2, 0.25) is 0 Å². The Morgan fingerprint density at radius 1 is 0.950 bits per heavy atom. The Bertz CT molecular complexity index is 563. The first-order valence-corrected chi connectivity index (χ1v) is 6.98. The maximum Gasteiger partial charge on any atom is 0.349 e. The highest BCUT2D eigenvalue weighted by atomic mass is 127. The van der Waals surface area contributed by atoms with E-state index in [1.165, 1.54) is 0 Å². The van der Waals surface area contributed by atoms with Crippen molar-refractivity contribution in [1.82, 2.24) is 0 Å². The van der Waals surface area contributed by atoms with Gasteiger partial charge >= 0.3 is 5.97 Å². The smallest absolute Gasteiger partial charge is 0.349 e. The van der Waals surface area contributed by atoms with Crippen molar-refractivity contribution in [2.75, 3.05) is 13.7 Å². The van der Waals surface area contributed by atoms with Gasteiger partial charge in [-0.3, -0.25) is 0 Å². The molecule has 0 aliphatic heterocycles. The maximum absolute atomic E-state index is 11.6. The van der Waals surface area contributed by atoms with Crippen LogP contribution < -0.4 is 14.2 Å². The van der Waals surface area contributed by atoms with Crippen molar-refractivity contribution in [3.63, 3.8) is 0 Å². The van der Waals surface area contributed by atoms with E-state index in [4.69, 9.17) is 14.2 Å². The minimum Gasteiger partial charge on any atom is -0.497 e. The molecule has 104 valence electrons. The molecule has 0 saturated carbocycles. The summed E-state index contributed by atoms with van der Waals surface area (Å²) >= 11 is 2.20. The average molecular weight is 384 g/mol. The number of hydrogen-bond donors (Lipinski definition) is 0. The van der Waals surface area contributed by atoms with E-state index in [0.717, 1.165) is 3.57 Å². The molecule has 0 saturated heterocycles. The summed E-state index contributed by atoms with van der Waals surface area (Å²) in [5, 5.41) is 0. The van der Waals surface area contributed by atoms with Gasteiger partial charge in [0.25, 0.3) is 0 Å². The lowest BCUT2D eigenvalue weighted by molar-refractivity contribution is -0.136. The second kappa shape index (κ2) is 7.14. The van der Waals surface area contributed by atoms with Crippen molar-refractivity contribution >= 4 is 28.6 Å². The molecule has 0 fully saturated rings. The second-order valence-corrected chi connectivity index (χ2v) is 5.14. The van der Waals surface area contributed by atoms with Crippen LogP contribution in [0.5, 0.6) is 17.2 Å². The summed E-state index contributed by atoms with van der Waals surface area (Å²) in [4.78, 5) is 11.6. The molecule has 0 spiro atoms. The molecule has 0 unspecified atom stereocenters. The third kappa shape index (κ3) is 4.41. The van der Waals surface area contributed by atoms with Crippen molar-refractivity contribution in [3.8, 4) is 17.2 Å². The minimum atomic E-state index is -0.450. The minimum absolute atomic E-state index is 0.132. The van der Waals surface area contributed by atoms with Crippen LogP contribution >= 0.6 is 22.6 Å². The van der Waals surface area contributed by atoms with Crippen LogP contribution in [0.3, 0.4) is 0 Å². The SMILES string of the molecule is COc1ccc(OC(=O)COc2ccc(I)cc2)cc1. The summed E-state index contributed by atoms with van der Waals surface area (Å²) in [5.41, 5.74) is 0. The number of carbonyl (C=O) groups excluding carboxylic acids is 1. The quantitative estimate of drug-likeness (QED) is 0.451. The van der Waals surface area contributed by atoms with E-state index in [-0.39, 0.29) is 6.61 Å². The molecular weight excluding hydrogens is 371 g/mol. The number of rotatable bonds is 5. The van der Waals surface area contributed by atoms with Crippen molar-refractivity contribution in [3.05, 3.63) is 52.1 Å². The van der Waals surface area contributed by atoms with Crippen LogP contribution in [0.4, 0.5) is 0 Å². The van der Waals surface area contributed by atoms with Gasteiger partial charge in [-0.2, -0.15) is 0 Å². The third-order valence-electron chi connectivity index (χ3n) is 2.46. The third-order valence-corrected chi connectivity index (χ3v) is 3.18. The molecule has 0 N–H and O–H groups in total. The Labute approximate surface area is 130 Å². The molecule has 0 aliphatic rings. The summed E-state index contributed by atoms with van der Waals surface area (Å²) < 4.78 is 16.6. The van der Waals surface area contributed by atoms with Crippen LogP contribution in [0.1, 0.15) is 0 Å². The Hall–Kier alpha value is -1.76. The fourth-order valence-electron chi connectivity index (χ4n) is 1.48. The Morgan fingerprint density at radius 2 is 1.50 bits per heavy atom. The number of benzene rings is 2. The molecular formula is C15H13IO4. The number of hydrogen-bond acceptors (Lipinski definition) is 4. The number of halogens is 1. The lowest BCUT2D eigenvalue weighted by atomic mass is 10.3. The van der Waals surface area contributed by atoms with E-state index < -0.39 is 5.97 Å². The topological polar surface area (TPSA) is 44.8 Å². The Balaban J connectivity index is 1.84. The van der Waals surface area contributed by atoms with Gasteiger partial charge in [-0.05, 0) is 71.1 Å². The number of methoxy groups -OCH3 is 1. The molecule has 0 amide bonds. The maximum atomic E-state index is 11.6. The van der Waals surface area contributed by atoms with Crippen molar-refractivity contribution in [1.29, 1.82) is 0 Å². The van der Waals surface area contributed by atoms with Crippen molar-refractivity contribution in [2.24, 2.45) is 0 Å². The molecule has 20 heavy (non-hydrogen) atoms. The van der Waals surface area contributed by atoms with Gasteiger partial charge in [-0.25, -0.2) is 4.79 Å². The highest BCUT2D eigenvalue weighted by Gasteiger charge is 2.06. The van der Waals surface area contributed by atoms with E-state index in [1.807, 2.05) is 24.3 Å². The van der Waals surface area contributed by atoms with E-state index in [2.05, 4.69) is 22.6 Å². The first kappa shape index (κ1) is 14.6. The summed E-state index contributed by atoms with van der Waals surface area (Å²) in [5.74, 6) is 1.35. The summed E-state index contributed by atoms with van der Waals surface area (Å²) in [6, 6.07) is 14.2. The van der Waals surface area contributed by atoms with Crippen LogP contribution in [0.25, 0.3) is 0 Å². The molecule has 0 bridgehead atoms. The predicted molar refractivity (Wildman–Crippen MR) is 83.3 cm³/mol. The summed E-state index contributed by atoms with van der Waals surface area (Å²) in [7, 11) is 1.58. The molecule has 0 heterocycles. The molecule has 4 nitrogen and oxygen atoms in total. The lowest BCUT2D eigenvalue weighted by Gasteiger charge is -2.07. The van der Waals surface area contributed by atoms with Crippen molar-refractivity contribution in [2.45, 2.75) is 0 Å². The highest BCUT2D eigenvalue weighted by Crippen LogP contribution is 2.17. The normalized spacial score (nSPS) is 9.90. The number of carbonyl (C=O) groups is 1. The molecule has 2 aromatic rings. The Morgan fingerprint density at radius 3 is 2.10 bits per heavy atom. The summed E-state index contributed by atoms with van der Waals surface area (Å²) in [6.07, 6.45) is 0. The number of esters is 1. The predicted octanol–water partition coefficient (Wildman–Crippen LogP) is 3.28. The molecule has 0 aromatic heterocycles. The highest BCUT2D eigenvalue weighted by molar-refractivity contribution is 14.1. The molecule has 0 atom stereocenters. The van der Waals surface area contributed by atoms with Gasteiger partial charge in [-0.1, -0.05) is 0 Å². The fraction of sp³-hybridized carbons (Fsp3) is 0.133.